The molecule has 0 bridgehead atoms. The van der Waals surface area contributed by atoms with Gasteiger partial charge in [-0.15, -0.1) is 0 Å². The van der Waals surface area contributed by atoms with Crippen molar-refractivity contribution in [3.63, 3.8) is 0 Å². The van der Waals surface area contributed by atoms with Crippen molar-refractivity contribution in [3.8, 4) is 0 Å². The van der Waals surface area contributed by atoms with Gasteiger partial charge in [-0.05, 0) is 36.0 Å². The molecular weight excluding hydrogens is 428 g/mol. The van der Waals surface area contributed by atoms with Gasteiger partial charge in [0, 0.05) is 38.8 Å². The Morgan fingerprint density at radius 3 is 2.47 bits per heavy atom. The minimum absolute atomic E-state index is 0.190. The molecule has 176 valence electrons. The number of amides is 1. The van der Waals surface area contributed by atoms with Gasteiger partial charge in [0.25, 0.3) is 0 Å². The van der Waals surface area contributed by atoms with Crippen LogP contribution < -0.4 is 10.2 Å². The second-order valence-corrected chi connectivity index (χ2v) is 9.56. The van der Waals surface area contributed by atoms with Gasteiger partial charge >= 0.3 is 0 Å². The van der Waals surface area contributed by atoms with E-state index < -0.39 is 0 Å². The molecule has 1 amide bonds. The van der Waals surface area contributed by atoms with Gasteiger partial charge in [0.1, 0.15) is 0 Å². The molecular formula is C25H30N8O. The smallest absolute Gasteiger partial charge is 0.237 e. The van der Waals surface area contributed by atoms with E-state index in [1.54, 1.807) is 0 Å². The molecule has 1 saturated heterocycles. The van der Waals surface area contributed by atoms with Crippen LogP contribution in [0.2, 0.25) is 0 Å². The average molecular weight is 459 g/mol. The molecule has 0 spiro atoms. The van der Waals surface area contributed by atoms with E-state index in [0.29, 0.717) is 25.1 Å². The number of benzene rings is 1. The highest BCUT2D eigenvalue weighted by molar-refractivity contribution is 5.79. The second kappa shape index (κ2) is 9.13. The predicted octanol–water partition coefficient (Wildman–Crippen LogP) is 2.13. The number of fused-ring (bicyclic) bond motifs is 1. The van der Waals surface area contributed by atoms with E-state index in [4.69, 9.17) is 0 Å². The zero-order valence-corrected chi connectivity index (χ0v) is 19.4. The lowest BCUT2D eigenvalue weighted by atomic mass is 10.1. The van der Waals surface area contributed by atoms with Crippen molar-refractivity contribution < 1.29 is 4.79 Å². The van der Waals surface area contributed by atoms with Crippen LogP contribution in [0.25, 0.3) is 0 Å². The van der Waals surface area contributed by atoms with E-state index in [1.807, 2.05) is 17.3 Å². The Balaban J connectivity index is 0.974. The maximum atomic E-state index is 12.8. The van der Waals surface area contributed by atoms with Crippen LogP contribution in [0.5, 0.6) is 0 Å². The highest BCUT2D eigenvalue weighted by Crippen LogP contribution is 2.25. The summed E-state index contributed by atoms with van der Waals surface area (Å²) >= 11 is 0. The number of piperazine rings is 1. The Kier molecular flexibility index (Phi) is 5.70. The summed E-state index contributed by atoms with van der Waals surface area (Å²) in [4.78, 5) is 28.4. The molecule has 1 fully saturated rings. The monoisotopic (exact) mass is 458 g/mol. The van der Waals surface area contributed by atoms with Crippen LogP contribution in [-0.2, 0) is 17.6 Å². The third kappa shape index (κ3) is 4.40. The number of carbonyl (C=O) groups excluding carboxylic acids is 1. The topological polar surface area (TPSA) is 89.3 Å². The van der Waals surface area contributed by atoms with Gasteiger partial charge in [-0.3, -0.25) is 9.69 Å². The fraction of sp³-hybridized carbons (Fsp3) is 0.480. The summed E-state index contributed by atoms with van der Waals surface area (Å²) in [7, 11) is 0. The molecule has 0 saturated carbocycles. The summed E-state index contributed by atoms with van der Waals surface area (Å²) in [5.41, 5.74) is 6.17. The number of hydrogen-bond acceptors (Lipinski definition) is 8. The molecule has 0 unspecified atom stereocenters. The molecule has 9 heteroatoms. The van der Waals surface area contributed by atoms with Crippen LogP contribution in [0, 0.1) is 0 Å². The minimum Gasteiger partial charge on any atom is -0.366 e. The lowest BCUT2D eigenvalue weighted by molar-refractivity contribution is -0.132. The van der Waals surface area contributed by atoms with Crippen molar-refractivity contribution in [2.45, 2.75) is 25.3 Å². The number of anilines is 2. The molecule has 1 aliphatic carbocycles. The van der Waals surface area contributed by atoms with Crippen LogP contribution in [0.1, 0.15) is 17.5 Å². The molecule has 1 aromatic carbocycles. The van der Waals surface area contributed by atoms with Crippen molar-refractivity contribution in [2.24, 2.45) is 10.2 Å². The molecule has 3 aliphatic heterocycles. The van der Waals surface area contributed by atoms with Crippen molar-refractivity contribution in [2.75, 3.05) is 62.6 Å². The van der Waals surface area contributed by atoms with Crippen LogP contribution in [0.3, 0.4) is 0 Å². The first-order valence-electron chi connectivity index (χ1n) is 12.2. The lowest BCUT2D eigenvalue weighted by Crippen LogP contribution is -2.50. The van der Waals surface area contributed by atoms with Crippen LogP contribution in [0.15, 0.2) is 58.2 Å². The summed E-state index contributed by atoms with van der Waals surface area (Å²) in [5, 5.41) is 11.8. The second-order valence-electron chi connectivity index (χ2n) is 9.56. The Labute approximate surface area is 199 Å². The molecule has 6 rings (SSSR count). The number of hydrogen-bond donors (Lipinski definition) is 1. The van der Waals surface area contributed by atoms with Gasteiger partial charge in [-0.2, -0.15) is 10.2 Å². The van der Waals surface area contributed by atoms with Gasteiger partial charge in [0.2, 0.25) is 11.9 Å². The van der Waals surface area contributed by atoms with E-state index in [1.165, 1.54) is 16.7 Å². The normalized spacial score (nSPS) is 20.6. The molecule has 1 N–H and O–H groups in total. The van der Waals surface area contributed by atoms with E-state index in [-0.39, 0.29) is 5.91 Å². The zero-order chi connectivity index (χ0) is 22.9. The Bertz CT molecular complexity index is 1090. The summed E-state index contributed by atoms with van der Waals surface area (Å²) in [5.74, 6) is 0.877. The van der Waals surface area contributed by atoms with Gasteiger partial charge in [0.05, 0.1) is 43.4 Å². The number of carbonyl (C=O) groups is 1. The van der Waals surface area contributed by atoms with Gasteiger partial charge in [-0.1, -0.05) is 24.3 Å². The summed E-state index contributed by atoms with van der Waals surface area (Å²) in [6.07, 6.45) is 6.76. The molecule has 2 aromatic rings. The third-order valence-electron chi connectivity index (χ3n) is 7.36. The average Bonchev–Trinajstić information content (AvgIpc) is 3.51. The van der Waals surface area contributed by atoms with Crippen molar-refractivity contribution in [1.82, 2.24) is 19.8 Å². The molecule has 1 aromatic heterocycles. The Morgan fingerprint density at radius 2 is 1.74 bits per heavy atom. The SMILES string of the molecule is O=C(CN1CCN(c2cnc(NC3Cc4ccccc4C3)nc2)CC1)N1CCC2=C(C1)N=NC2. The van der Waals surface area contributed by atoms with Crippen LogP contribution in [0.4, 0.5) is 11.6 Å². The van der Waals surface area contributed by atoms with E-state index in [0.717, 1.165) is 69.9 Å². The lowest BCUT2D eigenvalue weighted by Gasteiger charge is -2.36. The third-order valence-corrected chi connectivity index (χ3v) is 7.36. The largest absolute Gasteiger partial charge is 0.366 e. The predicted molar refractivity (Wildman–Crippen MR) is 130 cm³/mol. The maximum absolute atomic E-state index is 12.8. The standard InChI is InChI=1S/C25H30N8O/c34-24(33-6-5-20-13-28-30-23(20)16-33)17-31-7-9-32(10-8-31)22-14-26-25(27-15-22)29-21-11-18-3-1-2-4-19(18)12-21/h1-4,14-15,21H,5-13,16-17H2,(H,26,27,29). The molecule has 4 heterocycles. The molecule has 34 heavy (non-hydrogen) atoms. The molecule has 0 atom stereocenters. The number of nitrogens with zero attached hydrogens (tertiary/aromatic N) is 7. The fourth-order valence-corrected chi connectivity index (χ4v) is 5.34. The summed E-state index contributed by atoms with van der Waals surface area (Å²) in [6.45, 7) is 6.03. The van der Waals surface area contributed by atoms with Crippen LogP contribution >= 0.6 is 0 Å². The number of nitrogens with one attached hydrogen (secondary N) is 1. The van der Waals surface area contributed by atoms with Gasteiger partial charge in [0.15, 0.2) is 0 Å². The molecule has 0 radical (unpaired) electrons. The van der Waals surface area contributed by atoms with Crippen molar-refractivity contribution in [3.05, 3.63) is 59.1 Å². The Hall–Kier alpha value is -3.33. The quantitative estimate of drug-likeness (QED) is 0.739. The number of rotatable bonds is 5. The summed E-state index contributed by atoms with van der Waals surface area (Å²) < 4.78 is 0. The first-order chi connectivity index (χ1) is 16.7. The first-order valence-corrected chi connectivity index (χ1v) is 12.2. The van der Waals surface area contributed by atoms with E-state index in [2.05, 4.69) is 59.6 Å². The first kappa shape index (κ1) is 21.2. The number of azo groups is 1. The van der Waals surface area contributed by atoms with Crippen LogP contribution in [-0.4, -0.2) is 84.1 Å². The zero-order valence-electron chi connectivity index (χ0n) is 19.4. The maximum Gasteiger partial charge on any atom is 0.237 e. The highest BCUT2D eigenvalue weighted by atomic mass is 16.2. The molecule has 4 aliphatic rings. The van der Waals surface area contributed by atoms with Crippen molar-refractivity contribution >= 4 is 17.5 Å². The van der Waals surface area contributed by atoms with Gasteiger partial charge < -0.3 is 15.1 Å². The number of aromatic nitrogens is 2. The van der Waals surface area contributed by atoms with E-state index in [9.17, 15) is 4.79 Å². The summed E-state index contributed by atoms with van der Waals surface area (Å²) in [6, 6.07) is 8.96. The Morgan fingerprint density at radius 1 is 1.00 bits per heavy atom. The van der Waals surface area contributed by atoms with Gasteiger partial charge in [-0.25, -0.2) is 9.97 Å². The fourth-order valence-electron chi connectivity index (χ4n) is 5.34. The molecule has 9 nitrogen and oxygen atoms in total. The van der Waals surface area contributed by atoms with E-state index >= 15 is 0 Å². The highest BCUT2D eigenvalue weighted by Gasteiger charge is 2.27. The van der Waals surface area contributed by atoms with Crippen molar-refractivity contribution in [1.29, 1.82) is 0 Å². The minimum atomic E-state index is 0.190.